The maximum atomic E-state index is 11.5. The number of aromatic amines is 1. The van der Waals surface area contributed by atoms with Gasteiger partial charge in [0.25, 0.3) is 0 Å². The van der Waals surface area contributed by atoms with Crippen LogP contribution in [0.4, 0.5) is 0 Å². The maximum absolute atomic E-state index is 11.5. The third kappa shape index (κ3) is 3.71. The van der Waals surface area contributed by atoms with Crippen LogP contribution in [0.25, 0.3) is 0 Å². The molecular formula is C10H17N3O2. The van der Waals surface area contributed by atoms with Crippen molar-refractivity contribution in [3.8, 4) is 0 Å². The third-order valence-corrected chi connectivity index (χ3v) is 1.99. The van der Waals surface area contributed by atoms with Gasteiger partial charge in [-0.3, -0.25) is 4.79 Å². The van der Waals surface area contributed by atoms with Crippen molar-refractivity contribution in [1.29, 1.82) is 0 Å². The monoisotopic (exact) mass is 211 g/mol. The molecular weight excluding hydrogens is 194 g/mol. The van der Waals surface area contributed by atoms with Crippen LogP contribution in [-0.2, 0) is 16.0 Å². The summed E-state index contributed by atoms with van der Waals surface area (Å²) < 4.78 is 4.72. The number of nitrogens with zero attached hydrogens (tertiary/aromatic N) is 1. The van der Waals surface area contributed by atoms with Crippen LogP contribution in [0.3, 0.4) is 0 Å². The Labute approximate surface area is 89.2 Å². The van der Waals surface area contributed by atoms with Crippen molar-refractivity contribution < 1.29 is 9.53 Å². The number of aromatic nitrogens is 2. The SMILES string of the molecule is COC(=O)[C@H](Cc1c[nH]cn1)NC(C)C. The van der Waals surface area contributed by atoms with Crippen LogP contribution in [0.15, 0.2) is 12.5 Å². The van der Waals surface area contributed by atoms with Crippen LogP contribution in [-0.4, -0.2) is 35.1 Å². The van der Waals surface area contributed by atoms with Crippen molar-refractivity contribution in [2.24, 2.45) is 0 Å². The van der Waals surface area contributed by atoms with Gasteiger partial charge in [0.05, 0.1) is 19.1 Å². The zero-order valence-corrected chi connectivity index (χ0v) is 9.28. The second-order valence-corrected chi connectivity index (χ2v) is 3.66. The minimum Gasteiger partial charge on any atom is -0.468 e. The summed E-state index contributed by atoms with van der Waals surface area (Å²) >= 11 is 0. The number of esters is 1. The largest absolute Gasteiger partial charge is 0.468 e. The lowest BCUT2D eigenvalue weighted by molar-refractivity contribution is -0.143. The lowest BCUT2D eigenvalue weighted by atomic mass is 10.1. The van der Waals surface area contributed by atoms with E-state index in [0.29, 0.717) is 6.42 Å². The molecule has 0 spiro atoms. The number of ether oxygens (including phenoxy) is 1. The predicted molar refractivity (Wildman–Crippen MR) is 56.4 cm³/mol. The number of hydrogen-bond donors (Lipinski definition) is 2. The number of H-pyrrole nitrogens is 1. The normalized spacial score (nSPS) is 12.8. The Balaban J connectivity index is 2.60. The Kier molecular flexibility index (Phi) is 4.30. The molecule has 0 amide bonds. The molecule has 0 aliphatic heterocycles. The fourth-order valence-electron chi connectivity index (χ4n) is 1.37. The van der Waals surface area contributed by atoms with Gasteiger partial charge in [-0.15, -0.1) is 0 Å². The van der Waals surface area contributed by atoms with E-state index in [1.165, 1.54) is 7.11 Å². The van der Waals surface area contributed by atoms with Crippen LogP contribution in [0.5, 0.6) is 0 Å². The summed E-state index contributed by atoms with van der Waals surface area (Å²) in [6.07, 6.45) is 3.91. The third-order valence-electron chi connectivity index (χ3n) is 1.99. The fraction of sp³-hybridized carbons (Fsp3) is 0.600. The van der Waals surface area contributed by atoms with Crippen molar-refractivity contribution in [2.75, 3.05) is 7.11 Å². The van der Waals surface area contributed by atoms with Crippen molar-refractivity contribution in [1.82, 2.24) is 15.3 Å². The number of carbonyl (C=O) groups is 1. The van der Waals surface area contributed by atoms with Gasteiger partial charge in [-0.1, -0.05) is 13.8 Å². The molecule has 5 heteroatoms. The molecule has 0 radical (unpaired) electrons. The van der Waals surface area contributed by atoms with Gasteiger partial charge in [0.1, 0.15) is 6.04 Å². The molecule has 2 N–H and O–H groups in total. The molecule has 1 heterocycles. The molecule has 0 unspecified atom stereocenters. The van der Waals surface area contributed by atoms with Crippen LogP contribution >= 0.6 is 0 Å². The molecule has 0 bridgehead atoms. The molecule has 0 aromatic carbocycles. The summed E-state index contributed by atoms with van der Waals surface area (Å²) in [6, 6.07) is -0.105. The average molecular weight is 211 g/mol. The Hall–Kier alpha value is -1.36. The van der Waals surface area contributed by atoms with Crippen LogP contribution < -0.4 is 5.32 Å². The first kappa shape index (κ1) is 11.7. The Bertz CT molecular complexity index is 296. The van der Waals surface area contributed by atoms with Gasteiger partial charge in [-0.2, -0.15) is 0 Å². The number of rotatable bonds is 5. The summed E-state index contributed by atoms with van der Waals surface area (Å²) in [5.74, 6) is -0.258. The zero-order valence-electron chi connectivity index (χ0n) is 9.28. The quantitative estimate of drug-likeness (QED) is 0.696. The molecule has 1 aromatic heterocycles. The smallest absolute Gasteiger partial charge is 0.323 e. The zero-order chi connectivity index (χ0) is 11.3. The highest BCUT2D eigenvalue weighted by Gasteiger charge is 2.20. The number of hydrogen-bond acceptors (Lipinski definition) is 4. The highest BCUT2D eigenvalue weighted by molar-refractivity contribution is 5.76. The van der Waals surface area contributed by atoms with Gasteiger partial charge in [0, 0.05) is 18.7 Å². The van der Waals surface area contributed by atoms with Crippen LogP contribution in [0.1, 0.15) is 19.5 Å². The number of carbonyl (C=O) groups excluding carboxylic acids is 1. The van der Waals surface area contributed by atoms with E-state index in [4.69, 9.17) is 4.74 Å². The molecule has 0 saturated heterocycles. The first-order valence-corrected chi connectivity index (χ1v) is 4.95. The van der Waals surface area contributed by atoms with Gasteiger partial charge in [-0.05, 0) is 0 Å². The van der Waals surface area contributed by atoms with Crippen LogP contribution in [0.2, 0.25) is 0 Å². The van der Waals surface area contributed by atoms with Crippen molar-refractivity contribution in [3.05, 3.63) is 18.2 Å². The van der Waals surface area contributed by atoms with Gasteiger partial charge >= 0.3 is 5.97 Å². The molecule has 5 nitrogen and oxygen atoms in total. The topological polar surface area (TPSA) is 67.0 Å². The van der Waals surface area contributed by atoms with Gasteiger partial charge in [0.15, 0.2) is 0 Å². The second kappa shape index (κ2) is 5.50. The van der Waals surface area contributed by atoms with Gasteiger partial charge in [0.2, 0.25) is 0 Å². The lowest BCUT2D eigenvalue weighted by Crippen LogP contribution is -2.43. The standard InChI is InChI=1S/C10H17N3O2/c1-7(2)13-9(10(14)15-3)4-8-5-11-6-12-8/h5-7,9,13H,4H2,1-3H3,(H,11,12)/t9-/m0/s1. The van der Waals surface area contributed by atoms with E-state index >= 15 is 0 Å². The number of imidazole rings is 1. The predicted octanol–water partition coefficient (Wildman–Crippen LogP) is 0.492. The van der Waals surface area contributed by atoms with E-state index in [-0.39, 0.29) is 18.1 Å². The van der Waals surface area contributed by atoms with E-state index in [2.05, 4.69) is 15.3 Å². The molecule has 1 aromatic rings. The Morgan fingerprint density at radius 2 is 2.40 bits per heavy atom. The molecule has 1 atom stereocenters. The van der Waals surface area contributed by atoms with Crippen molar-refractivity contribution in [3.63, 3.8) is 0 Å². The summed E-state index contributed by atoms with van der Waals surface area (Å²) in [6.45, 7) is 3.97. The van der Waals surface area contributed by atoms with Gasteiger partial charge in [-0.25, -0.2) is 4.98 Å². The summed E-state index contributed by atoms with van der Waals surface area (Å²) in [4.78, 5) is 18.4. The summed E-state index contributed by atoms with van der Waals surface area (Å²) in [5, 5.41) is 3.14. The molecule has 0 aliphatic carbocycles. The minimum atomic E-state index is -0.335. The molecule has 1 rings (SSSR count). The van der Waals surface area contributed by atoms with Crippen molar-refractivity contribution >= 4 is 5.97 Å². The lowest BCUT2D eigenvalue weighted by Gasteiger charge is -2.17. The van der Waals surface area contributed by atoms with E-state index in [1.807, 2.05) is 13.8 Å². The number of nitrogens with one attached hydrogen (secondary N) is 2. The molecule has 0 fully saturated rings. The fourth-order valence-corrected chi connectivity index (χ4v) is 1.37. The Morgan fingerprint density at radius 1 is 1.67 bits per heavy atom. The highest BCUT2D eigenvalue weighted by atomic mass is 16.5. The van der Waals surface area contributed by atoms with E-state index < -0.39 is 0 Å². The van der Waals surface area contributed by atoms with Crippen molar-refractivity contribution in [2.45, 2.75) is 32.4 Å². The number of methoxy groups -OCH3 is 1. The van der Waals surface area contributed by atoms with E-state index in [1.54, 1.807) is 12.5 Å². The minimum absolute atomic E-state index is 0.230. The van der Waals surface area contributed by atoms with E-state index in [0.717, 1.165) is 5.69 Å². The summed E-state index contributed by atoms with van der Waals surface area (Å²) in [7, 11) is 1.39. The highest BCUT2D eigenvalue weighted by Crippen LogP contribution is 2.01. The maximum Gasteiger partial charge on any atom is 0.323 e. The molecule has 0 saturated carbocycles. The molecule has 0 aliphatic rings. The Morgan fingerprint density at radius 3 is 2.87 bits per heavy atom. The summed E-state index contributed by atoms with van der Waals surface area (Å²) in [5.41, 5.74) is 0.846. The van der Waals surface area contributed by atoms with Gasteiger partial charge < -0.3 is 15.0 Å². The first-order chi connectivity index (χ1) is 7.13. The van der Waals surface area contributed by atoms with E-state index in [9.17, 15) is 4.79 Å². The van der Waals surface area contributed by atoms with Crippen LogP contribution in [0, 0.1) is 0 Å². The molecule has 84 valence electrons. The average Bonchev–Trinajstić information content (AvgIpc) is 2.67. The molecule has 15 heavy (non-hydrogen) atoms. The first-order valence-electron chi connectivity index (χ1n) is 4.95. The second-order valence-electron chi connectivity index (χ2n) is 3.66.